The van der Waals surface area contributed by atoms with Gasteiger partial charge in [-0.25, -0.2) is 18.0 Å². The van der Waals surface area contributed by atoms with Gasteiger partial charge in [-0.05, 0) is 66.8 Å². The van der Waals surface area contributed by atoms with E-state index in [-0.39, 0.29) is 22.3 Å². The average molecular weight is 489 g/mol. The molecule has 0 aromatic heterocycles. The average Bonchev–Trinajstić information content (AvgIpc) is 2.82. The third-order valence-corrected chi connectivity index (χ3v) is 7.33. The second kappa shape index (κ2) is 10.8. The maximum atomic E-state index is 13.0. The summed E-state index contributed by atoms with van der Waals surface area (Å²) in [6.07, 6.45) is 0.989. The van der Waals surface area contributed by atoms with E-state index >= 15 is 0 Å². The van der Waals surface area contributed by atoms with E-state index in [9.17, 15) is 22.8 Å². The highest BCUT2D eigenvalue weighted by Crippen LogP contribution is 2.26. The first-order valence-corrected chi connectivity index (χ1v) is 12.3. The molecule has 34 heavy (non-hydrogen) atoms. The predicted molar refractivity (Wildman–Crippen MR) is 125 cm³/mol. The molecule has 0 aliphatic carbocycles. The number of ether oxygens (including phenoxy) is 2. The molecule has 2 aromatic carbocycles. The Bertz CT molecular complexity index is 1130. The molecule has 0 spiro atoms. The Morgan fingerprint density at radius 3 is 2.00 bits per heavy atom. The number of methoxy groups -OCH3 is 1. The number of benzene rings is 2. The van der Waals surface area contributed by atoms with Gasteiger partial charge in [0.15, 0.2) is 6.61 Å². The second-order valence-electron chi connectivity index (χ2n) is 8.49. The van der Waals surface area contributed by atoms with Gasteiger partial charge in [-0.3, -0.25) is 4.79 Å². The topological polar surface area (TPSA) is 119 Å². The van der Waals surface area contributed by atoms with Crippen molar-refractivity contribution in [3.8, 4) is 0 Å². The highest BCUT2D eigenvalue weighted by atomic mass is 32.2. The lowest BCUT2D eigenvalue weighted by Gasteiger charge is -2.34. The largest absolute Gasteiger partial charge is 0.465 e. The van der Waals surface area contributed by atoms with Crippen LogP contribution in [0.25, 0.3) is 0 Å². The molecule has 0 bridgehead atoms. The molecule has 0 radical (unpaired) electrons. The fraction of sp³-hybridized carbons (Fsp3) is 0.375. The highest BCUT2D eigenvalue weighted by Gasteiger charge is 2.31. The Kier molecular flexibility index (Phi) is 8.06. The number of piperidine rings is 1. The number of nitrogens with zero attached hydrogens (tertiary/aromatic N) is 1. The minimum atomic E-state index is -3.65. The summed E-state index contributed by atoms with van der Waals surface area (Å²) in [5.74, 6) is -1.24. The van der Waals surface area contributed by atoms with Crippen molar-refractivity contribution in [1.82, 2.24) is 4.31 Å². The van der Waals surface area contributed by atoms with E-state index in [1.807, 2.05) is 13.8 Å². The predicted octanol–water partition coefficient (Wildman–Crippen LogP) is 2.94. The number of anilines is 1. The van der Waals surface area contributed by atoms with Gasteiger partial charge < -0.3 is 14.8 Å². The van der Waals surface area contributed by atoms with E-state index in [4.69, 9.17) is 4.74 Å². The summed E-state index contributed by atoms with van der Waals surface area (Å²) in [5.41, 5.74) is 0.890. The van der Waals surface area contributed by atoms with Crippen LogP contribution < -0.4 is 5.32 Å². The molecule has 2 unspecified atom stereocenters. The summed E-state index contributed by atoms with van der Waals surface area (Å²) in [7, 11) is -2.38. The van der Waals surface area contributed by atoms with Crippen molar-refractivity contribution in [2.45, 2.75) is 25.2 Å². The summed E-state index contributed by atoms with van der Waals surface area (Å²) < 4.78 is 37.0. The van der Waals surface area contributed by atoms with Crippen molar-refractivity contribution in [3.63, 3.8) is 0 Å². The van der Waals surface area contributed by atoms with Crippen LogP contribution in [0.4, 0.5) is 5.69 Å². The number of amides is 1. The standard InChI is InChI=1S/C24H28N2O7S/c1-16-12-17(2)14-26(13-16)34(30,31)21-10-6-19(7-11-21)24(29)33-15-22(27)25-20-8-4-18(5-9-20)23(28)32-3/h4-11,16-17H,12-15H2,1-3H3,(H,25,27). The molecule has 2 atom stereocenters. The number of esters is 2. The van der Waals surface area contributed by atoms with Gasteiger partial charge in [0.2, 0.25) is 10.0 Å². The molecule has 1 N–H and O–H groups in total. The van der Waals surface area contributed by atoms with Gasteiger partial charge in [0.05, 0.1) is 23.1 Å². The normalized spacial score (nSPS) is 18.7. The fourth-order valence-electron chi connectivity index (χ4n) is 3.93. The van der Waals surface area contributed by atoms with Gasteiger partial charge in [0.25, 0.3) is 5.91 Å². The van der Waals surface area contributed by atoms with E-state index < -0.39 is 34.5 Å². The number of rotatable bonds is 7. The van der Waals surface area contributed by atoms with Crippen LogP contribution in [0.5, 0.6) is 0 Å². The monoisotopic (exact) mass is 488 g/mol. The Morgan fingerprint density at radius 1 is 0.912 bits per heavy atom. The van der Waals surface area contributed by atoms with Crippen LogP contribution in [0, 0.1) is 11.8 Å². The molecule has 10 heteroatoms. The zero-order chi connectivity index (χ0) is 24.9. The summed E-state index contributed by atoms with van der Waals surface area (Å²) in [4.78, 5) is 35.9. The van der Waals surface area contributed by atoms with Crippen molar-refractivity contribution < 1.29 is 32.3 Å². The first-order chi connectivity index (χ1) is 16.1. The van der Waals surface area contributed by atoms with Crippen molar-refractivity contribution in [2.24, 2.45) is 11.8 Å². The fourth-order valence-corrected chi connectivity index (χ4v) is 5.61. The van der Waals surface area contributed by atoms with Crippen LogP contribution in [0.3, 0.4) is 0 Å². The molecule has 1 saturated heterocycles. The summed E-state index contributed by atoms with van der Waals surface area (Å²) >= 11 is 0. The van der Waals surface area contributed by atoms with Gasteiger partial charge in [0.1, 0.15) is 0 Å². The van der Waals surface area contributed by atoms with Crippen LogP contribution in [-0.4, -0.2) is 57.4 Å². The van der Waals surface area contributed by atoms with E-state index in [1.54, 1.807) is 0 Å². The molecule has 9 nitrogen and oxygen atoms in total. The van der Waals surface area contributed by atoms with E-state index in [0.29, 0.717) is 24.3 Å². The molecule has 182 valence electrons. The first-order valence-electron chi connectivity index (χ1n) is 10.9. The Labute approximate surface area is 199 Å². The second-order valence-corrected chi connectivity index (χ2v) is 10.4. The lowest BCUT2D eigenvalue weighted by molar-refractivity contribution is -0.119. The number of carbonyl (C=O) groups is 3. The number of carbonyl (C=O) groups excluding carboxylic acids is 3. The molecule has 1 amide bonds. The number of sulfonamides is 1. The van der Waals surface area contributed by atoms with Crippen molar-refractivity contribution in [1.29, 1.82) is 0 Å². The molecule has 1 fully saturated rings. The minimum absolute atomic E-state index is 0.110. The summed E-state index contributed by atoms with van der Waals surface area (Å²) in [6, 6.07) is 11.5. The lowest BCUT2D eigenvalue weighted by atomic mass is 9.94. The molecular formula is C24H28N2O7S. The molecule has 0 saturated carbocycles. The lowest BCUT2D eigenvalue weighted by Crippen LogP contribution is -2.42. The summed E-state index contributed by atoms with van der Waals surface area (Å²) in [5, 5.41) is 2.55. The van der Waals surface area contributed by atoms with Crippen molar-refractivity contribution in [2.75, 3.05) is 32.1 Å². The zero-order valence-electron chi connectivity index (χ0n) is 19.3. The van der Waals surface area contributed by atoms with Gasteiger partial charge in [0, 0.05) is 18.8 Å². The quantitative estimate of drug-likeness (QED) is 0.595. The van der Waals surface area contributed by atoms with Gasteiger partial charge in [-0.15, -0.1) is 0 Å². The highest BCUT2D eigenvalue weighted by molar-refractivity contribution is 7.89. The molecule has 2 aromatic rings. The Hall–Kier alpha value is -3.24. The van der Waals surface area contributed by atoms with Gasteiger partial charge in [-0.1, -0.05) is 13.8 Å². The van der Waals surface area contributed by atoms with E-state index in [0.717, 1.165) is 6.42 Å². The molecule has 1 aliphatic rings. The maximum absolute atomic E-state index is 13.0. The van der Waals surface area contributed by atoms with Crippen LogP contribution in [-0.2, 0) is 24.3 Å². The molecular weight excluding hydrogens is 460 g/mol. The van der Waals surface area contributed by atoms with Crippen LogP contribution >= 0.6 is 0 Å². The third-order valence-electron chi connectivity index (χ3n) is 5.49. The Balaban J connectivity index is 1.55. The molecule has 1 aliphatic heterocycles. The molecule has 1 heterocycles. The van der Waals surface area contributed by atoms with Crippen LogP contribution in [0.1, 0.15) is 41.0 Å². The van der Waals surface area contributed by atoms with Gasteiger partial charge >= 0.3 is 11.9 Å². The minimum Gasteiger partial charge on any atom is -0.465 e. The number of nitrogens with one attached hydrogen (secondary N) is 1. The zero-order valence-corrected chi connectivity index (χ0v) is 20.1. The number of hydrogen-bond acceptors (Lipinski definition) is 7. The van der Waals surface area contributed by atoms with Crippen LogP contribution in [0.2, 0.25) is 0 Å². The smallest absolute Gasteiger partial charge is 0.338 e. The summed E-state index contributed by atoms with van der Waals surface area (Å²) in [6.45, 7) is 4.48. The van der Waals surface area contributed by atoms with Crippen LogP contribution in [0.15, 0.2) is 53.4 Å². The van der Waals surface area contributed by atoms with E-state index in [1.165, 1.54) is 59.9 Å². The number of hydrogen-bond donors (Lipinski definition) is 1. The van der Waals surface area contributed by atoms with Crippen molar-refractivity contribution in [3.05, 3.63) is 59.7 Å². The third kappa shape index (κ3) is 6.21. The SMILES string of the molecule is COC(=O)c1ccc(NC(=O)COC(=O)c2ccc(S(=O)(=O)N3CC(C)CC(C)C3)cc2)cc1. The first kappa shape index (κ1) is 25.4. The van der Waals surface area contributed by atoms with E-state index in [2.05, 4.69) is 10.1 Å². The Morgan fingerprint density at radius 2 is 1.44 bits per heavy atom. The molecule has 3 rings (SSSR count). The van der Waals surface area contributed by atoms with Gasteiger partial charge in [-0.2, -0.15) is 4.31 Å². The maximum Gasteiger partial charge on any atom is 0.338 e. The van der Waals surface area contributed by atoms with Crippen molar-refractivity contribution >= 4 is 33.6 Å².